The van der Waals surface area contributed by atoms with Crippen LogP contribution in [0.15, 0.2) is 29.1 Å². The molecular weight excluding hydrogens is 284 g/mol. The lowest BCUT2D eigenvalue weighted by Crippen LogP contribution is -2.30. The third-order valence-electron chi connectivity index (χ3n) is 2.98. The van der Waals surface area contributed by atoms with Gasteiger partial charge in [0.25, 0.3) is 5.56 Å². The highest BCUT2D eigenvalue weighted by Gasteiger charge is 2.16. The summed E-state index contributed by atoms with van der Waals surface area (Å²) < 4.78 is 5.54. The molecule has 1 amide bonds. The maximum absolute atomic E-state index is 11.9. The van der Waals surface area contributed by atoms with E-state index in [9.17, 15) is 9.59 Å². The van der Waals surface area contributed by atoms with Gasteiger partial charge in [-0.15, -0.1) is 0 Å². The van der Waals surface area contributed by atoms with Crippen molar-refractivity contribution < 1.29 is 9.53 Å². The Hall–Kier alpha value is -2.70. The van der Waals surface area contributed by atoms with Gasteiger partial charge in [-0.1, -0.05) is 12.1 Å². The topological polar surface area (TPSA) is 97.0 Å². The van der Waals surface area contributed by atoms with Crippen LogP contribution < -0.4 is 15.6 Å². The lowest BCUT2D eigenvalue weighted by atomic mass is 10.1. The zero-order valence-corrected chi connectivity index (χ0v) is 12.7. The number of carbonyl (C=O) groups excluding carboxylic acids is 1. The highest BCUT2D eigenvalue weighted by Crippen LogP contribution is 2.26. The number of aromatic nitrogens is 3. The number of ether oxygens (including phenoxy) is 1. The molecule has 7 nitrogen and oxygen atoms in total. The molecular formula is C15H18N4O3. The molecule has 0 saturated heterocycles. The van der Waals surface area contributed by atoms with Gasteiger partial charge in [0.15, 0.2) is 5.82 Å². The van der Waals surface area contributed by atoms with Crippen LogP contribution in [0.5, 0.6) is 5.75 Å². The fourth-order valence-electron chi connectivity index (χ4n) is 2.07. The van der Waals surface area contributed by atoms with Crippen LogP contribution >= 0.6 is 0 Å². The van der Waals surface area contributed by atoms with E-state index in [2.05, 4.69) is 20.5 Å². The summed E-state index contributed by atoms with van der Waals surface area (Å²) in [6, 6.07) is 6.79. The minimum absolute atomic E-state index is 0.200. The zero-order valence-electron chi connectivity index (χ0n) is 12.7. The average Bonchev–Trinajstić information content (AvgIpc) is 2.48. The molecule has 1 aromatic carbocycles. The maximum atomic E-state index is 11.9. The predicted octanol–water partition coefficient (Wildman–Crippen LogP) is 1.43. The molecule has 0 bridgehead atoms. The Morgan fingerprint density at radius 2 is 2.14 bits per heavy atom. The fraction of sp³-hybridized carbons (Fsp3) is 0.333. The van der Waals surface area contributed by atoms with Crippen molar-refractivity contribution in [2.45, 2.75) is 26.8 Å². The van der Waals surface area contributed by atoms with E-state index in [0.717, 1.165) is 0 Å². The van der Waals surface area contributed by atoms with Gasteiger partial charge in [0.05, 0.1) is 18.2 Å². The molecule has 1 aromatic heterocycles. The third-order valence-corrected chi connectivity index (χ3v) is 2.98. The number of nitrogens with zero attached hydrogens (tertiary/aromatic N) is 2. The molecule has 2 aromatic rings. The summed E-state index contributed by atoms with van der Waals surface area (Å²) >= 11 is 0. The van der Waals surface area contributed by atoms with Crippen molar-refractivity contribution in [2.24, 2.45) is 0 Å². The van der Waals surface area contributed by atoms with Crippen LogP contribution in [0, 0.1) is 0 Å². The Kier molecular flexibility index (Phi) is 4.88. The second kappa shape index (κ2) is 6.84. The van der Waals surface area contributed by atoms with Crippen LogP contribution in [0.1, 0.15) is 32.5 Å². The molecule has 0 radical (unpaired) electrons. The van der Waals surface area contributed by atoms with Crippen molar-refractivity contribution >= 4 is 5.91 Å². The van der Waals surface area contributed by atoms with E-state index >= 15 is 0 Å². The Morgan fingerprint density at radius 1 is 1.41 bits per heavy atom. The number of H-pyrrole nitrogens is 1. The van der Waals surface area contributed by atoms with E-state index in [0.29, 0.717) is 23.7 Å². The first-order valence-corrected chi connectivity index (χ1v) is 6.98. The normalized spacial score (nSPS) is 11.8. The van der Waals surface area contributed by atoms with Gasteiger partial charge in [0.2, 0.25) is 5.91 Å². The second-order valence-corrected chi connectivity index (χ2v) is 4.72. The number of amides is 1. The van der Waals surface area contributed by atoms with E-state index in [1.807, 2.05) is 31.2 Å². The first-order chi connectivity index (χ1) is 10.5. The van der Waals surface area contributed by atoms with Crippen LogP contribution in [0.3, 0.4) is 0 Å². The SMILES string of the molecule is CCOc1ccccc1-c1n[nH]c(=O)c(C(C)NC(C)=O)n1. The Bertz CT molecular complexity index is 727. The number of rotatable bonds is 5. The molecule has 0 fully saturated rings. The summed E-state index contributed by atoms with van der Waals surface area (Å²) in [6.07, 6.45) is 0. The highest BCUT2D eigenvalue weighted by molar-refractivity contribution is 5.73. The summed E-state index contributed by atoms with van der Waals surface area (Å²) in [4.78, 5) is 27.3. The molecule has 2 rings (SSSR count). The van der Waals surface area contributed by atoms with E-state index in [-0.39, 0.29) is 11.6 Å². The van der Waals surface area contributed by atoms with Gasteiger partial charge in [-0.25, -0.2) is 10.1 Å². The largest absolute Gasteiger partial charge is 0.493 e. The van der Waals surface area contributed by atoms with Gasteiger partial charge in [0.1, 0.15) is 11.4 Å². The van der Waals surface area contributed by atoms with Gasteiger partial charge in [-0.2, -0.15) is 5.10 Å². The Balaban J connectivity index is 2.46. The van der Waals surface area contributed by atoms with Crippen molar-refractivity contribution in [2.75, 3.05) is 6.61 Å². The first kappa shape index (κ1) is 15.7. The minimum Gasteiger partial charge on any atom is -0.493 e. The van der Waals surface area contributed by atoms with E-state index < -0.39 is 11.6 Å². The summed E-state index contributed by atoms with van der Waals surface area (Å²) in [7, 11) is 0. The van der Waals surface area contributed by atoms with Gasteiger partial charge in [-0.05, 0) is 26.0 Å². The van der Waals surface area contributed by atoms with Crippen LogP contribution in [0.2, 0.25) is 0 Å². The summed E-state index contributed by atoms with van der Waals surface area (Å²) in [6.45, 7) is 5.47. The summed E-state index contributed by atoms with van der Waals surface area (Å²) in [5.74, 6) is 0.743. The van der Waals surface area contributed by atoms with Crippen molar-refractivity contribution in [3.05, 3.63) is 40.3 Å². The molecule has 0 aliphatic rings. The van der Waals surface area contributed by atoms with E-state index in [4.69, 9.17) is 4.74 Å². The number of hydrogen-bond acceptors (Lipinski definition) is 5. The molecule has 0 saturated carbocycles. The molecule has 0 aliphatic carbocycles. The number of benzene rings is 1. The van der Waals surface area contributed by atoms with Gasteiger partial charge < -0.3 is 10.1 Å². The lowest BCUT2D eigenvalue weighted by molar-refractivity contribution is -0.119. The van der Waals surface area contributed by atoms with Crippen molar-refractivity contribution in [3.63, 3.8) is 0 Å². The summed E-state index contributed by atoms with van der Waals surface area (Å²) in [5.41, 5.74) is 0.447. The standard InChI is InChI=1S/C15H18N4O3/c1-4-22-12-8-6-5-7-11(12)14-17-13(15(21)19-18-14)9(2)16-10(3)20/h5-9H,4H2,1-3H3,(H,16,20)(H,19,21). The molecule has 116 valence electrons. The Morgan fingerprint density at radius 3 is 2.82 bits per heavy atom. The van der Waals surface area contributed by atoms with Crippen molar-refractivity contribution in [1.29, 1.82) is 0 Å². The van der Waals surface area contributed by atoms with E-state index in [1.165, 1.54) is 6.92 Å². The number of carbonyl (C=O) groups is 1. The average molecular weight is 302 g/mol. The second-order valence-electron chi connectivity index (χ2n) is 4.72. The molecule has 22 heavy (non-hydrogen) atoms. The van der Waals surface area contributed by atoms with E-state index in [1.54, 1.807) is 6.92 Å². The van der Waals surface area contributed by atoms with Gasteiger partial charge in [-0.3, -0.25) is 9.59 Å². The zero-order chi connectivity index (χ0) is 16.1. The molecule has 2 N–H and O–H groups in total. The first-order valence-electron chi connectivity index (χ1n) is 6.98. The van der Waals surface area contributed by atoms with Crippen LogP contribution in [-0.4, -0.2) is 27.7 Å². The number of hydrogen-bond donors (Lipinski definition) is 2. The third kappa shape index (κ3) is 3.49. The maximum Gasteiger partial charge on any atom is 0.288 e. The van der Waals surface area contributed by atoms with Crippen LogP contribution in [0.25, 0.3) is 11.4 Å². The molecule has 0 spiro atoms. The molecule has 1 atom stereocenters. The Labute approximate surface area is 127 Å². The number of nitrogens with one attached hydrogen (secondary N) is 2. The van der Waals surface area contributed by atoms with Crippen molar-refractivity contribution in [1.82, 2.24) is 20.5 Å². The summed E-state index contributed by atoms with van der Waals surface area (Å²) in [5, 5.41) is 9.03. The number of para-hydroxylation sites is 1. The smallest absolute Gasteiger partial charge is 0.288 e. The quantitative estimate of drug-likeness (QED) is 0.870. The highest BCUT2D eigenvalue weighted by atomic mass is 16.5. The minimum atomic E-state index is -0.512. The molecule has 7 heteroatoms. The monoisotopic (exact) mass is 302 g/mol. The van der Waals surface area contributed by atoms with Gasteiger partial charge in [0, 0.05) is 6.92 Å². The van der Waals surface area contributed by atoms with Crippen LogP contribution in [0.4, 0.5) is 0 Å². The molecule has 0 aliphatic heterocycles. The lowest BCUT2D eigenvalue weighted by Gasteiger charge is -2.13. The molecule has 1 unspecified atom stereocenters. The predicted molar refractivity (Wildman–Crippen MR) is 81.5 cm³/mol. The number of aromatic amines is 1. The van der Waals surface area contributed by atoms with Crippen LogP contribution in [-0.2, 0) is 4.79 Å². The fourth-order valence-corrected chi connectivity index (χ4v) is 2.07. The molecule has 1 heterocycles. The van der Waals surface area contributed by atoms with Gasteiger partial charge >= 0.3 is 0 Å². The van der Waals surface area contributed by atoms with Crippen molar-refractivity contribution in [3.8, 4) is 17.1 Å².